The van der Waals surface area contributed by atoms with Crippen LogP contribution in [0.1, 0.15) is 31.6 Å². The van der Waals surface area contributed by atoms with E-state index in [1.165, 1.54) is 4.90 Å². The molecule has 1 aliphatic heterocycles. The van der Waals surface area contributed by atoms with Gasteiger partial charge in [0.1, 0.15) is 0 Å². The molecule has 1 aromatic heterocycles. The van der Waals surface area contributed by atoms with Gasteiger partial charge in [0, 0.05) is 6.54 Å². The first-order valence-electron chi connectivity index (χ1n) is 5.45. The van der Waals surface area contributed by atoms with Crippen molar-refractivity contribution < 1.29 is 14.3 Å². The Balaban J connectivity index is 2.10. The van der Waals surface area contributed by atoms with Crippen molar-refractivity contribution in [2.45, 2.75) is 25.8 Å². The Labute approximate surface area is 97.3 Å². The molecule has 0 spiro atoms. The zero-order chi connectivity index (χ0) is 12.3. The smallest absolute Gasteiger partial charge is 0.397 e. The lowest BCUT2D eigenvalue weighted by Crippen LogP contribution is -2.37. The third-order valence-electron chi connectivity index (χ3n) is 2.62. The molecule has 2 heterocycles. The molecule has 8 heteroatoms. The Kier molecular flexibility index (Phi) is 3.31. The molecule has 1 N–H and O–H groups in total. The van der Waals surface area contributed by atoms with Gasteiger partial charge in [-0.25, -0.2) is 4.79 Å². The molecule has 1 aliphatic rings. The van der Waals surface area contributed by atoms with Crippen molar-refractivity contribution in [1.29, 1.82) is 0 Å². The van der Waals surface area contributed by atoms with Crippen molar-refractivity contribution in [2.75, 3.05) is 13.2 Å². The maximum atomic E-state index is 11.8. The molecule has 1 saturated heterocycles. The highest BCUT2D eigenvalue weighted by molar-refractivity contribution is 6.32. The van der Waals surface area contributed by atoms with Gasteiger partial charge in [-0.3, -0.25) is 4.79 Å². The van der Waals surface area contributed by atoms with Crippen LogP contribution in [0.2, 0.25) is 0 Å². The Morgan fingerprint density at radius 1 is 1.59 bits per heavy atom. The van der Waals surface area contributed by atoms with Crippen molar-refractivity contribution in [1.82, 2.24) is 25.5 Å². The molecule has 8 nitrogen and oxygen atoms in total. The largest absolute Gasteiger partial charge is 0.459 e. The van der Waals surface area contributed by atoms with Crippen LogP contribution in [0.5, 0.6) is 0 Å². The summed E-state index contributed by atoms with van der Waals surface area (Å²) in [6.45, 7) is 2.36. The number of H-pyrrole nitrogens is 1. The van der Waals surface area contributed by atoms with E-state index in [1.54, 1.807) is 6.92 Å². The predicted octanol–water partition coefficient (Wildman–Crippen LogP) is -0.574. The van der Waals surface area contributed by atoms with Crippen LogP contribution in [0.3, 0.4) is 0 Å². The number of nitrogens with one attached hydrogen (secondary N) is 1. The molecule has 1 unspecified atom stereocenters. The summed E-state index contributed by atoms with van der Waals surface area (Å²) < 4.78 is 4.69. The third-order valence-corrected chi connectivity index (χ3v) is 2.62. The van der Waals surface area contributed by atoms with Gasteiger partial charge < -0.3 is 9.64 Å². The molecule has 1 atom stereocenters. The molecule has 0 radical (unpaired) electrons. The second-order valence-corrected chi connectivity index (χ2v) is 3.65. The van der Waals surface area contributed by atoms with Crippen LogP contribution in [-0.4, -0.2) is 50.6 Å². The second-order valence-electron chi connectivity index (χ2n) is 3.65. The van der Waals surface area contributed by atoms with E-state index in [0.29, 0.717) is 12.4 Å². The average Bonchev–Trinajstić information content (AvgIpc) is 2.98. The van der Waals surface area contributed by atoms with Gasteiger partial charge in [-0.1, -0.05) is 5.21 Å². The van der Waals surface area contributed by atoms with Gasteiger partial charge in [0.2, 0.25) is 0 Å². The van der Waals surface area contributed by atoms with E-state index in [2.05, 4.69) is 25.4 Å². The third kappa shape index (κ3) is 2.24. The van der Waals surface area contributed by atoms with E-state index in [1.807, 2.05) is 0 Å². The molecular weight excluding hydrogens is 226 g/mol. The van der Waals surface area contributed by atoms with E-state index in [0.717, 1.165) is 12.8 Å². The Morgan fingerprint density at radius 3 is 3.06 bits per heavy atom. The minimum atomic E-state index is -0.831. The first-order chi connectivity index (χ1) is 8.24. The zero-order valence-electron chi connectivity index (χ0n) is 9.42. The van der Waals surface area contributed by atoms with Crippen LogP contribution in [0.4, 0.5) is 0 Å². The number of ether oxygens (including phenoxy) is 1. The van der Waals surface area contributed by atoms with Crippen LogP contribution in [0.15, 0.2) is 0 Å². The van der Waals surface area contributed by atoms with Crippen LogP contribution >= 0.6 is 0 Å². The molecule has 1 aromatic rings. The average molecular weight is 239 g/mol. The molecule has 0 bridgehead atoms. The first-order valence-corrected chi connectivity index (χ1v) is 5.45. The summed E-state index contributed by atoms with van der Waals surface area (Å²) >= 11 is 0. The summed E-state index contributed by atoms with van der Waals surface area (Å²) in [5.74, 6) is -1.04. The normalized spacial score (nSPS) is 19.4. The van der Waals surface area contributed by atoms with Gasteiger partial charge in [0.15, 0.2) is 5.82 Å². The zero-order valence-corrected chi connectivity index (χ0v) is 9.42. The number of esters is 1. The molecule has 1 fully saturated rings. The molecule has 1 amide bonds. The maximum Gasteiger partial charge on any atom is 0.397 e. The number of likely N-dealkylation sites (tertiary alicyclic amines) is 1. The SMILES string of the molecule is CCOC(=O)C(=O)N1CCCC1c1nn[nH]n1. The van der Waals surface area contributed by atoms with E-state index >= 15 is 0 Å². The second kappa shape index (κ2) is 4.89. The summed E-state index contributed by atoms with van der Waals surface area (Å²) in [6, 6.07) is -0.286. The molecule has 0 aliphatic carbocycles. The van der Waals surface area contributed by atoms with Crippen molar-refractivity contribution >= 4 is 11.9 Å². The Morgan fingerprint density at radius 2 is 2.41 bits per heavy atom. The minimum absolute atomic E-state index is 0.186. The lowest BCUT2D eigenvalue weighted by Gasteiger charge is -2.20. The highest BCUT2D eigenvalue weighted by atomic mass is 16.5. The summed E-state index contributed by atoms with van der Waals surface area (Å²) in [6.07, 6.45) is 1.54. The highest BCUT2D eigenvalue weighted by Crippen LogP contribution is 2.29. The molecule has 17 heavy (non-hydrogen) atoms. The number of hydrogen-bond acceptors (Lipinski definition) is 6. The van der Waals surface area contributed by atoms with E-state index < -0.39 is 11.9 Å². The standard InChI is InChI=1S/C9H13N5O3/c1-2-17-9(16)8(15)14-5-3-4-6(14)7-10-12-13-11-7/h6H,2-5H2,1H3,(H,10,11,12,13). The molecule has 2 rings (SSSR count). The summed E-state index contributed by atoms with van der Waals surface area (Å²) in [4.78, 5) is 24.6. The lowest BCUT2D eigenvalue weighted by molar-refractivity contribution is -0.160. The number of aromatic nitrogens is 4. The van der Waals surface area contributed by atoms with Crippen LogP contribution in [-0.2, 0) is 14.3 Å². The van der Waals surface area contributed by atoms with Crippen molar-refractivity contribution in [2.24, 2.45) is 0 Å². The monoisotopic (exact) mass is 239 g/mol. The first kappa shape index (κ1) is 11.5. The molecule has 0 saturated carbocycles. The van der Waals surface area contributed by atoms with Crippen molar-refractivity contribution in [3.8, 4) is 0 Å². The summed E-state index contributed by atoms with van der Waals surface area (Å²) in [5.41, 5.74) is 0. The molecule has 0 aromatic carbocycles. The van der Waals surface area contributed by atoms with E-state index in [4.69, 9.17) is 0 Å². The quantitative estimate of drug-likeness (QED) is 0.547. The Bertz CT molecular complexity index is 405. The fourth-order valence-corrected chi connectivity index (χ4v) is 1.90. The van der Waals surface area contributed by atoms with Gasteiger partial charge in [-0.15, -0.1) is 10.2 Å². The number of carbonyl (C=O) groups is 2. The fraction of sp³-hybridized carbons (Fsp3) is 0.667. The number of nitrogens with zero attached hydrogens (tertiary/aromatic N) is 4. The van der Waals surface area contributed by atoms with Crippen LogP contribution in [0.25, 0.3) is 0 Å². The van der Waals surface area contributed by atoms with Gasteiger partial charge in [0.05, 0.1) is 12.6 Å². The van der Waals surface area contributed by atoms with E-state index in [-0.39, 0.29) is 12.6 Å². The fourth-order valence-electron chi connectivity index (χ4n) is 1.90. The minimum Gasteiger partial charge on any atom is -0.459 e. The number of rotatable bonds is 2. The van der Waals surface area contributed by atoms with Crippen LogP contribution in [0, 0.1) is 0 Å². The highest BCUT2D eigenvalue weighted by Gasteiger charge is 2.36. The van der Waals surface area contributed by atoms with Crippen molar-refractivity contribution in [3.63, 3.8) is 0 Å². The number of aromatic amines is 1. The van der Waals surface area contributed by atoms with Gasteiger partial charge in [-0.2, -0.15) is 5.21 Å². The van der Waals surface area contributed by atoms with Gasteiger partial charge in [0.25, 0.3) is 0 Å². The van der Waals surface area contributed by atoms with Crippen LogP contribution < -0.4 is 0 Å². The van der Waals surface area contributed by atoms with Gasteiger partial charge in [-0.05, 0) is 19.8 Å². The number of hydrogen-bond donors (Lipinski definition) is 1. The maximum absolute atomic E-state index is 11.8. The van der Waals surface area contributed by atoms with Crippen molar-refractivity contribution in [3.05, 3.63) is 5.82 Å². The number of carbonyl (C=O) groups excluding carboxylic acids is 2. The summed E-state index contributed by atoms with van der Waals surface area (Å²) in [7, 11) is 0. The van der Waals surface area contributed by atoms with Gasteiger partial charge >= 0.3 is 11.9 Å². The topological polar surface area (TPSA) is 101 Å². The predicted molar refractivity (Wildman–Crippen MR) is 54.5 cm³/mol. The van der Waals surface area contributed by atoms with E-state index in [9.17, 15) is 9.59 Å². The number of amides is 1. The molecule has 92 valence electrons. The Hall–Kier alpha value is -1.99. The molecular formula is C9H13N5O3. The lowest BCUT2D eigenvalue weighted by atomic mass is 10.2. The summed E-state index contributed by atoms with van der Waals surface area (Å²) in [5, 5.41) is 13.5. The number of tetrazole rings is 1.